The Hall–Kier alpha value is -2.08. The Morgan fingerprint density at radius 2 is 1.95 bits per heavy atom. The number of rotatable bonds is 7. The normalized spacial score (nSPS) is 9.95. The van der Waals surface area contributed by atoms with Crippen LogP contribution in [0.4, 0.5) is 10.5 Å². The van der Waals surface area contributed by atoms with Crippen LogP contribution in [0.1, 0.15) is 23.7 Å². The summed E-state index contributed by atoms with van der Waals surface area (Å²) in [5.41, 5.74) is 6.08. The summed E-state index contributed by atoms with van der Waals surface area (Å²) in [5, 5.41) is 5.21. The molecule has 1 aromatic rings. The summed E-state index contributed by atoms with van der Waals surface area (Å²) in [6.07, 6.45) is 0.779. The molecule has 0 bridgehead atoms. The number of anilines is 1. The molecule has 0 saturated heterocycles. The minimum Gasteiger partial charge on any atom is -0.382 e. The molecule has 6 nitrogen and oxygen atoms in total. The zero-order valence-electron chi connectivity index (χ0n) is 10.9. The van der Waals surface area contributed by atoms with Crippen molar-refractivity contribution in [1.29, 1.82) is 0 Å². The van der Waals surface area contributed by atoms with E-state index in [4.69, 9.17) is 10.5 Å². The van der Waals surface area contributed by atoms with Crippen LogP contribution in [0.3, 0.4) is 0 Å². The van der Waals surface area contributed by atoms with E-state index in [1.807, 2.05) is 6.92 Å². The topological polar surface area (TPSA) is 93.4 Å². The molecule has 4 N–H and O–H groups in total. The Labute approximate surface area is 112 Å². The maximum Gasteiger partial charge on any atom is 0.316 e. The van der Waals surface area contributed by atoms with E-state index in [1.165, 1.54) is 0 Å². The lowest BCUT2D eigenvalue weighted by molar-refractivity contribution is 0.0944. The Bertz CT molecular complexity index is 418. The van der Waals surface area contributed by atoms with Gasteiger partial charge in [0.05, 0.1) is 0 Å². The van der Waals surface area contributed by atoms with Crippen LogP contribution >= 0.6 is 0 Å². The fourth-order valence-corrected chi connectivity index (χ4v) is 1.47. The highest BCUT2D eigenvalue weighted by atomic mass is 16.5. The third kappa shape index (κ3) is 5.87. The summed E-state index contributed by atoms with van der Waals surface area (Å²) in [4.78, 5) is 22.4. The van der Waals surface area contributed by atoms with E-state index in [9.17, 15) is 9.59 Å². The number of nitrogens with two attached hydrogens (primary N) is 1. The monoisotopic (exact) mass is 265 g/mol. The van der Waals surface area contributed by atoms with Gasteiger partial charge in [0.15, 0.2) is 0 Å². The summed E-state index contributed by atoms with van der Waals surface area (Å²) in [6, 6.07) is 5.87. The van der Waals surface area contributed by atoms with Crippen LogP contribution in [0, 0.1) is 0 Å². The maximum atomic E-state index is 11.7. The lowest BCUT2D eigenvalue weighted by atomic mass is 10.2. The number of primary amides is 1. The predicted molar refractivity (Wildman–Crippen MR) is 73.1 cm³/mol. The van der Waals surface area contributed by atoms with E-state index in [0.29, 0.717) is 31.0 Å². The van der Waals surface area contributed by atoms with Gasteiger partial charge in [0.1, 0.15) is 0 Å². The highest BCUT2D eigenvalue weighted by molar-refractivity contribution is 5.95. The first kappa shape index (κ1) is 15.0. The Morgan fingerprint density at radius 3 is 2.53 bits per heavy atom. The summed E-state index contributed by atoms with van der Waals surface area (Å²) < 4.78 is 5.17. The van der Waals surface area contributed by atoms with E-state index in [-0.39, 0.29) is 5.91 Å². The highest BCUT2D eigenvalue weighted by Crippen LogP contribution is 2.09. The molecular weight excluding hydrogens is 246 g/mol. The number of ether oxygens (including phenoxy) is 1. The van der Waals surface area contributed by atoms with Crippen molar-refractivity contribution in [1.82, 2.24) is 5.32 Å². The Balaban J connectivity index is 2.38. The van der Waals surface area contributed by atoms with E-state index < -0.39 is 6.03 Å². The summed E-state index contributed by atoms with van der Waals surface area (Å²) in [7, 11) is 0. The fraction of sp³-hybridized carbons (Fsp3) is 0.385. The molecule has 19 heavy (non-hydrogen) atoms. The van der Waals surface area contributed by atoms with Gasteiger partial charge < -0.3 is 21.1 Å². The van der Waals surface area contributed by atoms with Gasteiger partial charge in [-0.25, -0.2) is 4.79 Å². The van der Waals surface area contributed by atoms with Gasteiger partial charge in [-0.3, -0.25) is 4.79 Å². The van der Waals surface area contributed by atoms with Gasteiger partial charge >= 0.3 is 6.03 Å². The van der Waals surface area contributed by atoms with Crippen molar-refractivity contribution < 1.29 is 14.3 Å². The van der Waals surface area contributed by atoms with Gasteiger partial charge in [0, 0.05) is 31.0 Å². The molecule has 0 atom stereocenters. The second kappa shape index (κ2) is 8.10. The molecule has 0 aromatic heterocycles. The molecule has 0 aliphatic carbocycles. The SMILES string of the molecule is CCOCCCNC(=O)c1ccc(NC(N)=O)cc1. The van der Waals surface area contributed by atoms with Gasteiger partial charge in [-0.1, -0.05) is 0 Å². The molecule has 104 valence electrons. The molecule has 0 fully saturated rings. The summed E-state index contributed by atoms with van der Waals surface area (Å²) >= 11 is 0. The van der Waals surface area contributed by atoms with Gasteiger partial charge in [-0.15, -0.1) is 0 Å². The number of nitrogens with one attached hydrogen (secondary N) is 2. The van der Waals surface area contributed by atoms with Crippen LogP contribution in [0.5, 0.6) is 0 Å². The first-order valence-electron chi connectivity index (χ1n) is 6.16. The minimum atomic E-state index is -0.631. The van der Waals surface area contributed by atoms with E-state index in [0.717, 1.165) is 6.42 Å². The molecule has 0 heterocycles. The third-order valence-corrected chi connectivity index (χ3v) is 2.37. The quantitative estimate of drug-likeness (QED) is 0.649. The number of carbonyl (C=O) groups is 2. The molecule has 1 rings (SSSR count). The van der Waals surface area contributed by atoms with Crippen molar-refractivity contribution in [3.63, 3.8) is 0 Å². The number of urea groups is 1. The Kier molecular flexibility index (Phi) is 6.38. The van der Waals surface area contributed by atoms with Crippen molar-refractivity contribution >= 4 is 17.6 Å². The van der Waals surface area contributed by atoms with Crippen molar-refractivity contribution in [2.75, 3.05) is 25.1 Å². The second-order valence-corrected chi connectivity index (χ2v) is 3.87. The van der Waals surface area contributed by atoms with Crippen LogP contribution in [0.25, 0.3) is 0 Å². The number of carbonyl (C=O) groups excluding carboxylic acids is 2. The van der Waals surface area contributed by atoms with Crippen molar-refractivity contribution in [2.24, 2.45) is 5.73 Å². The lowest BCUT2D eigenvalue weighted by Crippen LogP contribution is -2.25. The molecule has 3 amide bonds. The molecule has 1 aromatic carbocycles. The molecule has 0 radical (unpaired) electrons. The molecule has 0 aliphatic rings. The number of benzene rings is 1. The van der Waals surface area contributed by atoms with E-state index >= 15 is 0 Å². The summed E-state index contributed by atoms with van der Waals surface area (Å²) in [6.45, 7) is 3.82. The second-order valence-electron chi connectivity index (χ2n) is 3.87. The first-order chi connectivity index (χ1) is 9.13. The minimum absolute atomic E-state index is 0.151. The van der Waals surface area contributed by atoms with Gasteiger partial charge in [0.25, 0.3) is 5.91 Å². The zero-order valence-corrected chi connectivity index (χ0v) is 10.9. The fourth-order valence-electron chi connectivity index (χ4n) is 1.47. The smallest absolute Gasteiger partial charge is 0.316 e. The van der Waals surface area contributed by atoms with Crippen LogP contribution in [-0.2, 0) is 4.74 Å². The molecular formula is C13H19N3O3. The zero-order chi connectivity index (χ0) is 14.1. The van der Waals surface area contributed by atoms with Crippen molar-refractivity contribution in [3.8, 4) is 0 Å². The third-order valence-electron chi connectivity index (χ3n) is 2.37. The largest absolute Gasteiger partial charge is 0.382 e. The van der Waals surface area contributed by atoms with Gasteiger partial charge in [0.2, 0.25) is 0 Å². The predicted octanol–water partition coefficient (Wildman–Crippen LogP) is 1.33. The molecule has 0 spiro atoms. The van der Waals surface area contributed by atoms with Crippen LogP contribution < -0.4 is 16.4 Å². The van der Waals surface area contributed by atoms with E-state index in [1.54, 1.807) is 24.3 Å². The first-order valence-corrected chi connectivity index (χ1v) is 6.16. The van der Waals surface area contributed by atoms with Crippen LogP contribution in [-0.4, -0.2) is 31.7 Å². The van der Waals surface area contributed by atoms with E-state index in [2.05, 4.69) is 10.6 Å². The van der Waals surface area contributed by atoms with Gasteiger partial charge in [-0.2, -0.15) is 0 Å². The number of hydrogen-bond acceptors (Lipinski definition) is 3. The van der Waals surface area contributed by atoms with Crippen LogP contribution in [0.15, 0.2) is 24.3 Å². The van der Waals surface area contributed by atoms with Crippen molar-refractivity contribution in [3.05, 3.63) is 29.8 Å². The molecule has 0 aliphatic heterocycles. The molecule has 6 heteroatoms. The van der Waals surface area contributed by atoms with Gasteiger partial charge in [-0.05, 0) is 37.6 Å². The number of amides is 3. The standard InChI is InChI=1S/C13H19N3O3/c1-2-19-9-3-8-15-12(17)10-4-6-11(7-5-10)16-13(14)18/h4-7H,2-3,8-9H2,1H3,(H,15,17)(H3,14,16,18). The lowest BCUT2D eigenvalue weighted by Gasteiger charge is -2.06. The Morgan fingerprint density at radius 1 is 1.26 bits per heavy atom. The highest BCUT2D eigenvalue weighted by Gasteiger charge is 2.04. The summed E-state index contributed by atoms with van der Waals surface area (Å²) in [5.74, 6) is -0.151. The van der Waals surface area contributed by atoms with Crippen molar-refractivity contribution in [2.45, 2.75) is 13.3 Å². The molecule has 0 unspecified atom stereocenters. The van der Waals surface area contributed by atoms with Crippen LogP contribution in [0.2, 0.25) is 0 Å². The average molecular weight is 265 g/mol. The average Bonchev–Trinajstić information content (AvgIpc) is 2.38. The maximum absolute atomic E-state index is 11.7. The molecule has 0 saturated carbocycles. The number of hydrogen-bond donors (Lipinski definition) is 3.